The summed E-state index contributed by atoms with van der Waals surface area (Å²) in [4.78, 5) is 16.2. The van der Waals surface area contributed by atoms with E-state index < -0.39 is 0 Å². The number of anilines is 1. The van der Waals surface area contributed by atoms with Gasteiger partial charge in [-0.1, -0.05) is 6.92 Å². The van der Waals surface area contributed by atoms with Crippen LogP contribution in [-0.2, 0) is 17.1 Å². The van der Waals surface area contributed by atoms with E-state index in [0.29, 0.717) is 12.5 Å². The quantitative estimate of drug-likeness (QED) is 0.787. The van der Waals surface area contributed by atoms with E-state index in [9.17, 15) is 4.79 Å². The number of benzene rings is 1. The lowest BCUT2D eigenvalue weighted by Gasteiger charge is -2.07. The van der Waals surface area contributed by atoms with E-state index in [0.717, 1.165) is 28.6 Å². The van der Waals surface area contributed by atoms with Gasteiger partial charge in [0.25, 0.3) is 0 Å². The third kappa shape index (κ3) is 5.02. The van der Waals surface area contributed by atoms with Crippen LogP contribution in [0.25, 0.3) is 0 Å². The molecule has 4 nitrogen and oxygen atoms in total. The SMILES string of the molecule is CCCOc1ccc(NC(=O)Cc2nc(CCl)cs2)cc1. The van der Waals surface area contributed by atoms with Crippen molar-refractivity contribution in [3.05, 3.63) is 40.3 Å². The minimum Gasteiger partial charge on any atom is -0.494 e. The highest BCUT2D eigenvalue weighted by molar-refractivity contribution is 7.09. The van der Waals surface area contributed by atoms with Crippen LogP contribution in [0.2, 0.25) is 0 Å². The second-order valence-electron chi connectivity index (χ2n) is 4.46. The van der Waals surface area contributed by atoms with E-state index in [1.807, 2.05) is 29.6 Å². The lowest BCUT2D eigenvalue weighted by atomic mass is 10.3. The number of hydrogen-bond donors (Lipinski definition) is 1. The normalized spacial score (nSPS) is 10.4. The van der Waals surface area contributed by atoms with Crippen LogP contribution in [-0.4, -0.2) is 17.5 Å². The summed E-state index contributed by atoms with van der Waals surface area (Å²) in [6.07, 6.45) is 1.23. The Morgan fingerprint density at radius 3 is 2.76 bits per heavy atom. The van der Waals surface area contributed by atoms with E-state index in [1.54, 1.807) is 0 Å². The van der Waals surface area contributed by atoms with Gasteiger partial charge in [0.05, 0.1) is 24.6 Å². The van der Waals surface area contributed by atoms with Crippen molar-refractivity contribution in [3.8, 4) is 5.75 Å². The third-order valence-electron chi connectivity index (χ3n) is 2.66. The number of aromatic nitrogens is 1. The van der Waals surface area contributed by atoms with Gasteiger partial charge in [0.1, 0.15) is 10.8 Å². The zero-order valence-electron chi connectivity index (χ0n) is 11.8. The van der Waals surface area contributed by atoms with Crippen molar-refractivity contribution in [1.82, 2.24) is 4.98 Å². The number of thiazole rings is 1. The molecule has 0 aliphatic heterocycles. The lowest BCUT2D eigenvalue weighted by Crippen LogP contribution is -2.14. The molecule has 6 heteroatoms. The van der Waals surface area contributed by atoms with Crippen LogP contribution in [0.5, 0.6) is 5.75 Å². The highest BCUT2D eigenvalue weighted by atomic mass is 35.5. The molecular weight excluding hydrogens is 308 g/mol. The topological polar surface area (TPSA) is 51.2 Å². The molecular formula is C15H17ClN2O2S. The number of hydrogen-bond acceptors (Lipinski definition) is 4. The number of alkyl halides is 1. The van der Waals surface area contributed by atoms with E-state index in [4.69, 9.17) is 16.3 Å². The highest BCUT2D eigenvalue weighted by Crippen LogP contribution is 2.17. The van der Waals surface area contributed by atoms with Gasteiger partial charge in [0, 0.05) is 11.1 Å². The van der Waals surface area contributed by atoms with Crippen molar-refractivity contribution in [2.24, 2.45) is 0 Å². The predicted molar refractivity (Wildman–Crippen MR) is 86.2 cm³/mol. The predicted octanol–water partition coefficient (Wildman–Crippen LogP) is 3.85. The van der Waals surface area contributed by atoms with Gasteiger partial charge in [-0.05, 0) is 30.7 Å². The molecule has 0 aliphatic carbocycles. The van der Waals surface area contributed by atoms with Crippen LogP contribution in [0.1, 0.15) is 24.0 Å². The van der Waals surface area contributed by atoms with Crippen LogP contribution in [0, 0.1) is 0 Å². The first-order valence-electron chi connectivity index (χ1n) is 6.73. The molecule has 2 aromatic rings. The zero-order valence-corrected chi connectivity index (χ0v) is 13.3. The number of halogens is 1. The maximum Gasteiger partial charge on any atom is 0.231 e. The molecule has 112 valence electrons. The Morgan fingerprint density at radius 2 is 2.14 bits per heavy atom. The van der Waals surface area contributed by atoms with E-state index in [1.165, 1.54) is 11.3 Å². The smallest absolute Gasteiger partial charge is 0.231 e. The van der Waals surface area contributed by atoms with Gasteiger partial charge in [0.2, 0.25) is 5.91 Å². The molecule has 1 amide bonds. The summed E-state index contributed by atoms with van der Waals surface area (Å²) in [6, 6.07) is 7.35. The van der Waals surface area contributed by atoms with Crippen molar-refractivity contribution >= 4 is 34.5 Å². The molecule has 0 radical (unpaired) electrons. The first-order valence-corrected chi connectivity index (χ1v) is 8.14. The first kappa shape index (κ1) is 15.8. The number of carbonyl (C=O) groups excluding carboxylic acids is 1. The molecule has 1 aromatic carbocycles. The van der Waals surface area contributed by atoms with E-state index in [2.05, 4.69) is 17.2 Å². The number of ether oxygens (including phenoxy) is 1. The second kappa shape index (κ2) is 8.00. The van der Waals surface area contributed by atoms with Crippen molar-refractivity contribution in [3.63, 3.8) is 0 Å². The Morgan fingerprint density at radius 1 is 1.38 bits per heavy atom. The molecule has 0 saturated carbocycles. The van der Waals surface area contributed by atoms with Gasteiger partial charge in [-0.15, -0.1) is 22.9 Å². The van der Waals surface area contributed by atoms with Gasteiger partial charge < -0.3 is 10.1 Å². The van der Waals surface area contributed by atoms with Gasteiger partial charge in [-0.2, -0.15) is 0 Å². The van der Waals surface area contributed by atoms with Crippen LogP contribution in [0.4, 0.5) is 5.69 Å². The summed E-state index contributed by atoms with van der Waals surface area (Å²) in [6.45, 7) is 2.75. The number of carbonyl (C=O) groups is 1. The molecule has 1 heterocycles. The highest BCUT2D eigenvalue weighted by Gasteiger charge is 2.08. The monoisotopic (exact) mass is 324 g/mol. The lowest BCUT2D eigenvalue weighted by molar-refractivity contribution is -0.115. The third-order valence-corrected chi connectivity index (χ3v) is 3.83. The molecule has 1 aromatic heterocycles. The molecule has 0 fully saturated rings. The summed E-state index contributed by atoms with van der Waals surface area (Å²) in [5.41, 5.74) is 1.56. The Balaban J connectivity index is 1.87. The maximum atomic E-state index is 11.9. The fraction of sp³-hybridized carbons (Fsp3) is 0.333. The average Bonchev–Trinajstić information content (AvgIpc) is 2.94. The zero-order chi connectivity index (χ0) is 15.1. The molecule has 0 saturated heterocycles. The largest absolute Gasteiger partial charge is 0.494 e. The minimum atomic E-state index is -0.0901. The van der Waals surface area contributed by atoms with Crippen LogP contribution < -0.4 is 10.1 Å². The van der Waals surface area contributed by atoms with Gasteiger partial charge >= 0.3 is 0 Å². The Labute approximate surface area is 133 Å². The molecule has 0 spiro atoms. The maximum absolute atomic E-state index is 11.9. The van der Waals surface area contributed by atoms with Crippen molar-refractivity contribution < 1.29 is 9.53 Å². The molecule has 0 aliphatic rings. The molecule has 1 N–H and O–H groups in total. The fourth-order valence-corrected chi connectivity index (χ4v) is 2.71. The Kier molecular flexibility index (Phi) is 6.02. The number of nitrogens with one attached hydrogen (secondary N) is 1. The van der Waals surface area contributed by atoms with Gasteiger partial charge in [0.15, 0.2) is 0 Å². The van der Waals surface area contributed by atoms with E-state index >= 15 is 0 Å². The van der Waals surface area contributed by atoms with Crippen LogP contribution in [0.15, 0.2) is 29.6 Å². The van der Waals surface area contributed by atoms with Gasteiger partial charge in [-0.3, -0.25) is 4.79 Å². The molecule has 0 bridgehead atoms. The molecule has 0 unspecified atom stereocenters. The summed E-state index contributed by atoms with van der Waals surface area (Å²) in [5.74, 6) is 1.09. The fourth-order valence-electron chi connectivity index (χ4n) is 1.69. The second-order valence-corrected chi connectivity index (χ2v) is 5.67. The number of rotatable bonds is 7. The molecule has 0 atom stereocenters. The molecule has 21 heavy (non-hydrogen) atoms. The van der Waals surface area contributed by atoms with Crippen LogP contribution >= 0.6 is 22.9 Å². The minimum absolute atomic E-state index is 0.0901. The Bertz CT molecular complexity index is 584. The number of nitrogens with zero attached hydrogens (tertiary/aromatic N) is 1. The average molecular weight is 325 g/mol. The van der Waals surface area contributed by atoms with Gasteiger partial charge in [-0.25, -0.2) is 4.98 Å². The first-order chi connectivity index (χ1) is 10.2. The standard InChI is InChI=1S/C15H17ClN2O2S/c1-2-7-20-13-5-3-11(4-6-13)17-14(19)8-15-18-12(9-16)10-21-15/h3-6,10H,2,7-9H2,1H3,(H,17,19). The van der Waals surface area contributed by atoms with Crippen molar-refractivity contribution in [2.45, 2.75) is 25.6 Å². The summed E-state index contributed by atoms with van der Waals surface area (Å²) < 4.78 is 5.49. The van der Waals surface area contributed by atoms with Crippen molar-refractivity contribution in [2.75, 3.05) is 11.9 Å². The summed E-state index contributed by atoms with van der Waals surface area (Å²) >= 11 is 7.14. The summed E-state index contributed by atoms with van der Waals surface area (Å²) in [5, 5.41) is 5.48. The Hall–Kier alpha value is -1.59. The van der Waals surface area contributed by atoms with E-state index in [-0.39, 0.29) is 12.3 Å². The number of amides is 1. The van der Waals surface area contributed by atoms with Crippen molar-refractivity contribution in [1.29, 1.82) is 0 Å². The van der Waals surface area contributed by atoms with Crippen LogP contribution in [0.3, 0.4) is 0 Å². The summed E-state index contributed by atoms with van der Waals surface area (Å²) in [7, 11) is 0. The molecule has 2 rings (SSSR count).